The summed E-state index contributed by atoms with van der Waals surface area (Å²) < 4.78 is 2.00. The van der Waals surface area contributed by atoms with Crippen molar-refractivity contribution in [2.45, 2.75) is 46.6 Å². The minimum absolute atomic E-state index is 0. The van der Waals surface area contributed by atoms with Crippen LogP contribution < -0.4 is 10.6 Å². The standard InChI is InChI=1S/C17H28N6S.HI/c1-6-14-13(15(7-2)23(5)22-14)11-21-17(18-4)19-9-8-16-20-10-12(3)24-16;/h10H,6-9,11H2,1-5H3,(H2,18,19,21);1H. The average molecular weight is 476 g/mol. The van der Waals surface area contributed by atoms with E-state index in [1.807, 2.05) is 17.9 Å². The predicted octanol–water partition coefficient (Wildman–Crippen LogP) is 2.84. The number of rotatable bonds is 7. The third-order valence-electron chi connectivity index (χ3n) is 3.98. The number of thiazole rings is 1. The molecule has 2 rings (SSSR count). The van der Waals surface area contributed by atoms with Gasteiger partial charge in [0, 0.05) is 55.9 Å². The Kier molecular flexibility index (Phi) is 9.41. The van der Waals surface area contributed by atoms with Crippen LogP contribution in [0.5, 0.6) is 0 Å². The van der Waals surface area contributed by atoms with Gasteiger partial charge in [-0.2, -0.15) is 5.10 Å². The van der Waals surface area contributed by atoms with Crippen molar-refractivity contribution in [1.82, 2.24) is 25.4 Å². The fourth-order valence-electron chi connectivity index (χ4n) is 2.79. The van der Waals surface area contributed by atoms with Gasteiger partial charge in [0.1, 0.15) is 0 Å². The second-order valence-corrected chi connectivity index (χ2v) is 6.99. The Morgan fingerprint density at radius 2 is 2.04 bits per heavy atom. The molecule has 0 atom stereocenters. The molecule has 0 saturated carbocycles. The molecule has 25 heavy (non-hydrogen) atoms. The maximum Gasteiger partial charge on any atom is 0.191 e. The fraction of sp³-hybridized carbons (Fsp3) is 0.588. The predicted molar refractivity (Wildman–Crippen MR) is 116 cm³/mol. The number of aromatic nitrogens is 3. The van der Waals surface area contributed by atoms with Crippen molar-refractivity contribution in [3.05, 3.63) is 33.0 Å². The molecule has 0 radical (unpaired) electrons. The number of hydrogen-bond acceptors (Lipinski definition) is 4. The second kappa shape index (κ2) is 10.7. The molecule has 2 N–H and O–H groups in total. The van der Waals surface area contributed by atoms with E-state index in [-0.39, 0.29) is 24.0 Å². The summed E-state index contributed by atoms with van der Waals surface area (Å²) in [5.74, 6) is 0.816. The van der Waals surface area contributed by atoms with Crippen molar-refractivity contribution in [1.29, 1.82) is 0 Å². The number of hydrogen-bond donors (Lipinski definition) is 2. The molecular formula is C17H29IN6S. The highest BCUT2D eigenvalue weighted by Crippen LogP contribution is 2.15. The third-order valence-corrected chi connectivity index (χ3v) is 4.96. The number of halogens is 1. The van der Waals surface area contributed by atoms with Crippen molar-refractivity contribution in [2.24, 2.45) is 12.0 Å². The first kappa shape index (κ1) is 21.9. The molecule has 2 aromatic rings. The van der Waals surface area contributed by atoms with E-state index in [4.69, 9.17) is 0 Å². The number of nitrogens with zero attached hydrogens (tertiary/aromatic N) is 4. The zero-order valence-corrected chi connectivity index (χ0v) is 18.9. The largest absolute Gasteiger partial charge is 0.356 e. The highest BCUT2D eigenvalue weighted by Gasteiger charge is 2.13. The summed E-state index contributed by atoms with van der Waals surface area (Å²) in [6.45, 7) is 7.97. The van der Waals surface area contributed by atoms with Gasteiger partial charge in [0.25, 0.3) is 0 Å². The van der Waals surface area contributed by atoms with E-state index in [2.05, 4.69) is 46.5 Å². The van der Waals surface area contributed by atoms with Crippen LogP contribution in [0.3, 0.4) is 0 Å². The zero-order valence-electron chi connectivity index (χ0n) is 15.7. The van der Waals surface area contributed by atoms with E-state index >= 15 is 0 Å². The summed E-state index contributed by atoms with van der Waals surface area (Å²) in [4.78, 5) is 9.95. The zero-order chi connectivity index (χ0) is 17.5. The molecule has 0 saturated heterocycles. The van der Waals surface area contributed by atoms with Gasteiger partial charge in [-0.25, -0.2) is 4.98 Å². The molecule has 6 nitrogen and oxygen atoms in total. The van der Waals surface area contributed by atoms with Crippen LogP contribution in [0, 0.1) is 6.92 Å². The normalized spacial score (nSPS) is 11.3. The number of aliphatic imine (C=N–C) groups is 1. The van der Waals surface area contributed by atoms with Crippen molar-refractivity contribution in [2.75, 3.05) is 13.6 Å². The van der Waals surface area contributed by atoms with Gasteiger partial charge in [-0.1, -0.05) is 13.8 Å². The molecule has 0 spiro atoms. The van der Waals surface area contributed by atoms with Crippen molar-refractivity contribution in [3.8, 4) is 0 Å². The van der Waals surface area contributed by atoms with Crippen molar-refractivity contribution in [3.63, 3.8) is 0 Å². The molecule has 0 fully saturated rings. The minimum atomic E-state index is 0. The molecule has 0 aliphatic heterocycles. The Hall–Kier alpha value is -1.16. The van der Waals surface area contributed by atoms with Crippen LogP contribution in [0.2, 0.25) is 0 Å². The molecule has 0 aliphatic rings. The van der Waals surface area contributed by atoms with E-state index in [0.29, 0.717) is 0 Å². The van der Waals surface area contributed by atoms with Crippen molar-refractivity contribution >= 4 is 41.3 Å². The quantitative estimate of drug-likeness (QED) is 0.367. The Morgan fingerprint density at radius 1 is 1.28 bits per heavy atom. The van der Waals surface area contributed by atoms with E-state index < -0.39 is 0 Å². The van der Waals surface area contributed by atoms with E-state index in [1.165, 1.54) is 16.1 Å². The first-order valence-electron chi connectivity index (χ1n) is 8.48. The van der Waals surface area contributed by atoms with Gasteiger partial charge in [0.15, 0.2) is 5.96 Å². The number of aryl methyl sites for hydroxylation is 3. The van der Waals surface area contributed by atoms with Crippen LogP contribution in [0.1, 0.15) is 40.7 Å². The highest BCUT2D eigenvalue weighted by molar-refractivity contribution is 14.0. The van der Waals surface area contributed by atoms with E-state index in [0.717, 1.165) is 49.0 Å². The van der Waals surface area contributed by atoms with Gasteiger partial charge < -0.3 is 10.6 Å². The topological polar surface area (TPSA) is 67.1 Å². The van der Waals surface area contributed by atoms with Gasteiger partial charge in [-0.3, -0.25) is 9.67 Å². The molecule has 140 valence electrons. The first-order chi connectivity index (χ1) is 11.6. The fourth-order valence-corrected chi connectivity index (χ4v) is 3.58. The first-order valence-corrected chi connectivity index (χ1v) is 9.30. The lowest BCUT2D eigenvalue weighted by atomic mass is 10.1. The lowest BCUT2D eigenvalue weighted by molar-refractivity contribution is 0.702. The SMILES string of the molecule is CCc1nn(C)c(CC)c1CNC(=NC)NCCc1ncc(C)s1.I. The van der Waals surface area contributed by atoms with Crippen molar-refractivity contribution < 1.29 is 0 Å². The molecule has 0 aromatic carbocycles. The maximum absolute atomic E-state index is 4.62. The Bertz CT molecular complexity index is 691. The van der Waals surface area contributed by atoms with Crippen LogP contribution in [-0.4, -0.2) is 34.3 Å². The molecule has 0 aliphatic carbocycles. The monoisotopic (exact) mass is 476 g/mol. The average Bonchev–Trinajstić information content (AvgIpc) is 3.13. The van der Waals surface area contributed by atoms with Gasteiger partial charge in [0.05, 0.1) is 10.7 Å². The van der Waals surface area contributed by atoms with Gasteiger partial charge in [-0.05, 0) is 19.8 Å². The summed E-state index contributed by atoms with van der Waals surface area (Å²) in [6, 6.07) is 0. The van der Waals surface area contributed by atoms with E-state index in [1.54, 1.807) is 18.4 Å². The summed E-state index contributed by atoms with van der Waals surface area (Å²) in [6.07, 6.45) is 4.76. The summed E-state index contributed by atoms with van der Waals surface area (Å²) in [5.41, 5.74) is 3.74. The Balaban J connectivity index is 0.00000312. The molecule has 8 heteroatoms. The van der Waals surface area contributed by atoms with Crippen LogP contribution in [0.15, 0.2) is 11.2 Å². The molecule has 0 bridgehead atoms. The Morgan fingerprint density at radius 3 is 2.60 bits per heavy atom. The minimum Gasteiger partial charge on any atom is -0.356 e. The Labute approximate surface area is 171 Å². The molecule has 0 amide bonds. The van der Waals surface area contributed by atoms with Gasteiger partial charge >= 0.3 is 0 Å². The molecule has 2 aromatic heterocycles. The summed E-state index contributed by atoms with van der Waals surface area (Å²) in [5, 5.41) is 12.5. The van der Waals surface area contributed by atoms with Crippen LogP contribution >= 0.6 is 35.3 Å². The summed E-state index contributed by atoms with van der Waals surface area (Å²) >= 11 is 1.75. The number of nitrogens with one attached hydrogen (secondary N) is 2. The second-order valence-electron chi connectivity index (χ2n) is 5.67. The van der Waals surface area contributed by atoms with Crippen LogP contribution in [-0.2, 0) is 32.9 Å². The van der Waals surface area contributed by atoms with Gasteiger partial charge in [-0.15, -0.1) is 35.3 Å². The number of guanidine groups is 1. The molecule has 0 unspecified atom stereocenters. The molecule has 2 heterocycles. The van der Waals surface area contributed by atoms with Crippen LogP contribution in [0.4, 0.5) is 0 Å². The van der Waals surface area contributed by atoms with Gasteiger partial charge in [0.2, 0.25) is 0 Å². The third kappa shape index (κ3) is 5.95. The smallest absolute Gasteiger partial charge is 0.191 e. The highest BCUT2D eigenvalue weighted by atomic mass is 127. The van der Waals surface area contributed by atoms with Crippen LogP contribution in [0.25, 0.3) is 0 Å². The molecular weight excluding hydrogens is 447 g/mol. The maximum atomic E-state index is 4.62. The lowest BCUT2D eigenvalue weighted by Crippen LogP contribution is -2.38. The summed E-state index contributed by atoms with van der Waals surface area (Å²) in [7, 11) is 3.82. The van der Waals surface area contributed by atoms with E-state index in [9.17, 15) is 0 Å². The lowest BCUT2D eigenvalue weighted by Gasteiger charge is -2.12.